The van der Waals surface area contributed by atoms with Crippen LogP contribution in [0.4, 0.5) is 4.79 Å². The second-order valence-corrected chi connectivity index (χ2v) is 7.65. The van der Waals surface area contributed by atoms with Gasteiger partial charge in [-0.25, -0.2) is 9.59 Å². The van der Waals surface area contributed by atoms with Crippen LogP contribution >= 0.6 is 11.8 Å². The van der Waals surface area contributed by atoms with Crippen molar-refractivity contribution in [3.63, 3.8) is 0 Å². The average Bonchev–Trinajstić information content (AvgIpc) is 2.82. The molecule has 2 rings (SSSR count). The number of carbonyl (C=O) groups is 2. The largest absolute Gasteiger partial charge is 0.480 e. The minimum absolute atomic E-state index is 0.0519. The van der Waals surface area contributed by atoms with Crippen LogP contribution in [0.25, 0.3) is 0 Å². The van der Waals surface area contributed by atoms with Crippen molar-refractivity contribution in [3.05, 3.63) is 30.3 Å². The van der Waals surface area contributed by atoms with Gasteiger partial charge in [0.2, 0.25) is 0 Å². The molecular weight excluding hydrogens is 302 g/mol. The summed E-state index contributed by atoms with van der Waals surface area (Å²) in [5.41, 5.74) is -0.634. The molecular formula is C16H21NO4S. The molecule has 0 bridgehead atoms. The lowest BCUT2D eigenvalue weighted by Crippen LogP contribution is -2.43. The van der Waals surface area contributed by atoms with Crippen LogP contribution < -0.4 is 0 Å². The molecule has 22 heavy (non-hydrogen) atoms. The Morgan fingerprint density at radius 2 is 1.91 bits per heavy atom. The molecule has 0 aliphatic carbocycles. The third kappa shape index (κ3) is 4.40. The van der Waals surface area contributed by atoms with Gasteiger partial charge in [-0.15, -0.1) is 11.8 Å². The molecule has 2 atom stereocenters. The molecule has 0 unspecified atom stereocenters. The van der Waals surface area contributed by atoms with Gasteiger partial charge < -0.3 is 9.84 Å². The topological polar surface area (TPSA) is 66.8 Å². The third-order valence-electron chi connectivity index (χ3n) is 3.22. The van der Waals surface area contributed by atoms with Crippen LogP contribution in [0.15, 0.2) is 35.2 Å². The van der Waals surface area contributed by atoms with Crippen molar-refractivity contribution >= 4 is 23.8 Å². The molecule has 1 saturated heterocycles. The van der Waals surface area contributed by atoms with Gasteiger partial charge in [0, 0.05) is 16.7 Å². The van der Waals surface area contributed by atoms with Gasteiger partial charge >= 0.3 is 12.1 Å². The van der Waals surface area contributed by atoms with Crippen molar-refractivity contribution < 1.29 is 19.4 Å². The second-order valence-electron chi connectivity index (χ2n) is 6.28. The normalized spacial score (nSPS) is 21.7. The maximum atomic E-state index is 12.2. The van der Waals surface area contributed by atoms with Crippen LogP contribution in [0, 0.1) is 0 Å². The quantitative estimate of drug-likeness (QED) is 0.925. The summed E-state index contributed by atoms with van der Waals surface area (Å²) in [6.07, 6.45) is -0.134. The summed E-state index contributed by atoms with van der Waals surface area (Å²) in [5.74, 6) is -0.984. The Bertz CT molecular complexity index is 541. The zero-order valence-corrected chi connectivity index (χ0v) is 13.8. The number of aliphatic carboxylic acids is 1. The Morgan fingerprint density at radius 1 is 1.27 bits per heavy atom. The van der Waals surface area contributed by atoms with Gasteiger partial charge in [-0.2, -0.15) is 0 Å². The maximum absolute atomic E-state index is 12.2. The predicted octanol–water partition coefficient (Wildman–Crippen LogP) is 3.24. The highest BCUT2D eigenvalue weighted by molar-refractivity contribution is 8.00. The fourth-order valence-corrected chi connectivity index (χ4v) is 3.54. The SMILES string of the molecule is CC(C)(C)OC(=O)N1C[C@@H](Sc2ccccc2)C[C@H]1C(=O)O. The number of rotatable bonds is 3. The molecule has 1 amide bonds. The van der Waals surface area contributed by atoms with E-state index < -0.39 is 23.7 Å². The zero-order valence-electron chi connectivity index (χ0n) is 13.0. The summed E-state index contributed by atoms with van der Waals surface area (Å²) < 4.78 is 5.31. The monoisotopic (exact) mass is 323 g/mol. The molecule has 1 aromatic carbocycles. The first kappa shape index (κ1) is 16.7. The molecule has 5 nitrogen and oxygen atoms in total. The molecule has 1 fully saturated rings. The van der Waals surface area contributed by atoms with Crippen molar-refractivity contribution in [2.24, 2.45) is 0 Å². The van der Waals surface area contributed by atoms with Gasteiger partial charge in [-0.05, 0) is 39.3 Å². The molecule has 1 aromatic rings. The van der Waals surface area contributed by atoms with E-state index in [1.165, 1.54) is 4.90 Å². The Labute approximate surface area is 134 Å². The first-order chi connectivity index (χ1) is 10.3. The molecule has 1 heterocycles. The van der Waals surface area contributed by atoms with Crippen LogP contribution in [0.3, 0.4) is 0 Å². The smallest absolute Gasteiger partial charge is 0.411 e. The van der Waals surface area contributed by atoms with Crippen molar-refractivity contribution in [1.29, 1.82) is 0 Å². The zero-order chi connectivity index (χ0) is 16.3. The van der Waals surface area contributed by atoms with Crippen molar-refractivity contribution in [3.8, 4) is 0 Å². The standard InChI is InChI=1S/C16H21NO4S/c1-16(2,3)21-15(20)17-10-12(9-13(17)14(18)19)22-11-7-5-4-6-8-11/h4-8,12-13H,9-10H2,1-3H3,(H,18,19)/t12-,13-/m0/s1. The Kier molecular flexibility index (Phi) is 5.01. The molecule has 0 saturated carbocycles. The molecule has 1 aliphatic heterocycles. The van der Waals surface area contributed by atoms with Crippen LogP contribution in [-0.2, 0) is 9.53 Å². The number of amides is 1. The van der Waals surface area contributed by atoms with Gasteiger partial charge in [0.1, 0.15) is 11.6 Å². The molecule has 0 spiro atoms. The molecule has 6 heteroatoms. The number of nitrogens with zero attached hydrogens (tertiary/aromatic N) is 1. The maximum Gasteiger partial charge on any atom is 0.411 e. The van der Waals surface area contributed by atoms with E-state index in [2.05, 4.69) is 0 Å². The van der Waals surface area contributed by atoms with Crippen LogP contribution in [0.5, 0.6) is 0 Å². The summed E-state index contributed by atoms with van der Waals surface area (Å²) in [4.78, 5) is 26.0. The van der Waals surface area contributed by atoms with E-state index in [4.69, 9.17) is 4.74 Å². The fraction of sp³-hybridized carbons (Fsp3) is 0.500. The van der Waals surface area contributed by atoms with Crippen LogP contribution in [-0.4, -0.2) is 45.5 Å². The Balaban J connectivity index is 2.06. The van der Waals surface area contributed by atoms with Crippen LogP contribution in [0.1, 0.15) is 27.2 Å². The van der Waals surface area contributed by atoms with E-state index in [9.17, 15) is 14.7 Å². The van der Waals surface area contributed by atoms with Gasteiger partial charge in [-0.1, -0.05) is 18.2 Å². The number of hydrogen-bond donors (Lipinski definition) is 1. The lowest BCUT2D eigenvalue weighted by Gasteiger charge is -2.26. The number of carboxylic acids is 1. The summed E-state index contributed by atoms with van der Waals surface area (Å²) in [6, 6.07) is 8.96. The molecule has 0 radical (unpaired) electrons. The Hall–Kier alpha value is -1.69. The lowest BCUT2D eigenvalue weighted by atomic mass is 10.2. The van der Waals surface area contributed by atoms with E-state index in [0.29, 0.717) is 13.0 Å². The van der Waals surface area contributed by atoms with E-state index in [0.717, 1.165) is 4.90 Å². The number of benzene rings is 1. The van der Waals surface area contributed by atoms with E-state index in [1.807, 2.05) is 30.3 Å². The van der Waals surface area contributed by atoms with Gasteiger partial charge in [0.25, 0.3) is 0 Å². The lowest BCUT2D eigenvalue weighted by molar-refractivity contribution is -0.142. The first-order valence-electron chi connectivity index (χ1n) is 7.20. The van der Waals surface area contributed by atoms with Crippen LogP contribution in [0.2, 0.25) is 0 Å². The predicted molar refractivity (Wildman–Crippen MR) is 85.1 cm³/mol. The summed E-state index contributed by atoms with van der Waals surface area (Å²) in [5, 5.41) is 9.41. The highest BCUT2D eigenvalue weighted by atomic mass is 32.2. The molecule has 1 N–H and O–H groups in total. The number of carbonyl (C=O) groups excluding carboxylic acids is 1. The first-order valence-corrected chi connectivity index (χ1v) is 8.08. The number of likely N-dealkylation sites (tertiary alicyclic amines) is 1. The van der Waals surface area contributed by atoms with Crippen molar-refractivity contribution in [1.82, 2.24) is 4.90 Å². The third-order valence-corrected chi connectivity index (χ3v) is 4.44. The van der Waals surface area contributed by atoms with E-state index in [-0.39, 0.29) is 5.25 Å². The second kappa shape index (κ2) is 6.60. The van der Waals surface area contributed by atoms with E-state index >= 15 is 0 Å². The molecule has 1 aliphatic rings. The number of ether oxygens (including phenoxy) is 1. The molecule has 0 aromatic heterocycles. The summed E-state index contributed by atoms with van der Waals surface area (Å²) >= 11 is 1.60. The highest BCUT2D eigenvalue weighted by Gasteiger charge is 2.41. The minimum atomic E-state index is -0.984. The minimum Gasteiger partial charge on any atom is -0.480 e. The average molecular weight is 323 g/mol. The highest BCUT2D eigenvalue weighted by Crippen LogP contribution is 2.33. The summed E-state index contributed by atoms with van der Waals surface area (Å²) in [7, 11) is 0. The number of thioether (sulfide) groups is 1. The fourth-order valence-electron chi connectivity index (χ4n) is 2.33. The van der Waals surface area contributed by atoms with Crippen molar-refractivity contribution in [2.45, 2.75) is 49.0 Å². The van der Waals surface area contributed by atoms with Gasteiger partial charge in [0.15, 0.2) is 0 Å². The van der Waals surface area contributed by atoms with Gasteiger partial charge in [-0.3, -0.25) is 4.90 Å². The molecule has 120 valence electrons. The van der Waals surface area contributed by atoms with Crippen molar-refractivity contribution in [2.75, 3.05) is 6.54 Å². The summed E-state index contributed by atoms with van der Waals surface area (Å²) in [6.45, 7) is 5.69. The Morgan fingerprint density at radius 3 is 2.45 bits per heavy atom. The number of carboxylic acid groups (broad SMARTS) is 1. The number of hydrogen-bond acceptors (Lipinski definition) is 4. The van der Waals surface area contributed by atoms with Gasteiger partial charge in [0.05, 0.1) is 0 Å². The van der Waals surface area contributed by atoms with E-state index in [1.54, 1.807) is 32.5 Å².